The third-order valence-corrected chi connectivity index (χ3v) is 4.74. The Morgan fingerprint density at radius 2 is 1.91 bits per heavy atom. The molecule has 2 aliphatic rings. The number of pyridine rings is 1. The Morgan fingerprint density at radius 3 is 2.50 bits per heavy atom. The second-order valence-corrected chi connectivity index (χ2v) is 6.46. The second-order valence-electron chi connectivity index (χ2n) is 6.46. The molecule has 22 heavy (non-hydrogen) atoms. The molecule has 1 N–H and O–H groups in total. The van der Waals surface area contributed by atoms with E-state index >= 15 is 0 Å². The molecule has 2 fully saturated rings. The number of nitrogens with zero attached hydrogens (tertiary/aromatic N) is 3. The van der Waals surface area contributed by atoms with E-state index in [-0.39, 0.29) is 24.0 Å². The molecule has 3 heterocycles. The van der Waals surface area contributed by atoms with E-state index in [4.69, 9.17) is 0 Å². The van der Waals surface area contributed by atoms with Gasteiger partial charge in [-0.25, -0.2) is 4.79 Å². The van der Waals surface area contributed by atoms with E-state index in [0.29, 0.717) is 13.0 Å². The number of amides is 3. The van der Waals surface area contributed by atoms with Gasteiger partial charge in [-0.2, -0.15) is 0 Å². The highest BCUT2D eigenvalue weighted by molar-refractivity contribution is 6.07. The van der Waals surface area contributed by atoms with E-state index in [2.05, 4.69) is 22.1 Å². The normalized spacial score (nSPS) is 27.0. The first kappa shape index (κ1) is 15.0. The fourth-order valence-electron chi connectivity index (χ4n) is 3.41. The lowest BCUT2D eigenvalue weighted by molar-refractivity contribution is -0.132. The first-order valence-corrected chi connectivity index (χ1v) is 7.74. The van der Waals surface area contributed by atoms with Crippen molar-refractivity contribution in [3.05, 3.63) is 30.1 Å². The quantitative estimate of drug-likeness (QED) is 0.860. The van der Waals surface area contributed by atoms with Gasteiger partial charge in [-0.1, -0.05) is 0 Å². The summed E-state index contributed by atoms with van der Waals surface area (Å²) in [6.45, 7) is 7.20. The Labute approximate surface area is 130 Å². The number of aromatic nitrogens is 1. The van der Waals surface area contributed by atoms with Crippen LogP contribution in [0.3, 0.4) is 0 Å². The molecule has 0 aromatic carbocycles. The van der Waals surface area contributed by atoms with Gasteiger partial charge in [-0.3, -0.25) is 19.6 Å². The number of rotatable bonds is 3. The number of nitrogens with one attached hydrogen (secondary N) is 1. The van der Waals surface area contributed by atoms with E-state index in [1.54, 1.807) is 12.4 Å². The zero-order chi connectivity index (χ0) is 15.9. The van der Waals surface area contributed by atoms with Gasteiger partial charge in [0.2, 0.25) is 0 Å². The summed E-state index contributed by atoms with van der Waals surface area (Å²) in [5.74, 6) is -0.0862. The molecule has 2 aliphatic heterocycles. The van der Waals surface area contributed by atoms with Crippen molar-refractivity contribution >= 4 is 11.9 Å². The third kappa shape index (κ3) is 2.27. The highest BCUT2D eigenvalue weighted by Crippen LogP contribution is 2.34. The number of hydrogen-bond acceptors (Lipinski definition) is 4. The first-order chi connectivity index (χ1) is 10.4. The topological polar surface area (TPSA) is 65.5 Å². The zero-order valence-corrected chi connectivity index (χ0v) is 13.2. The Kier molecular flexibility index (Phi) is 3.64. The van der Waals surface area contributed by atoms with Crippen molar-refractivity contribution in [2.45, 2.75) is 44.8 Å². The standard InChI is InChI=1S/C16H22N4O2/c1-11(2)20-14(21)16(18-15(20)22)6-9-19(10-16)12(3)13-4-7-17-8-5-13/h4-5,7-8,11-12H,6,9-10H2,1-3H3,(H,18,22). The van der Waals surface area contributed by atoms with Crippen LogP contribution in [0.4, 0.5) is 4.79 Å². The van der Waals surface area contributed by atoms with Crippen LogP contribution in [0, 0.1) is 0 Å². The van der Waals surface area contributed by atoms with Gasteiger partial charge >= 0.3 is 6.03 Å². The minimum atomic E-state index is -0.747. The van der Waals surface area contributed by atoms with Crippen molar-refractivity contribution in [3.8, 4) is 0 Å². The number of likely N-dealkylation sites (tertiary alicyclic amines) is 1. The Balaban J connectivity index is 1.78. The number of urea groups is 1. The summed E-state index contributed by atoms with van der Waals surface area (Å²) in [6, 6.07) is 3.80. The summed E-state index contributed by atoms with van der Waals surface area (Å²) >= 11 is 0. The summed E-state index contributed by atoms with van der Waals surface area (Å²) in [6.07, 6.45) is 4.22. The SMILES string of the molecule is CC(c1ccncc1)N1CCC2(C1)NC(=O)N(C(C)C)C2=O. The van der Waals surface area contributed by atoms with Crippen LogP contribution in [0.25, 0.3) is 0 Å². The molecule has 1 aromatic rings. The van der Waals surface area contributed by atoms with Crippen LogP contribution >= 0.6 is 0 Å². The van der Waals surface area contributed by atoms with Crippen LogP contribution in [0.5, 0.6) is 0 Å². The van der Waals surface area contributed by atoms with Gasteiger partial charge in [0.1, 0.15) is 5.54 Å². The monoisotopic (exact) mass is 302 g/mol. The van der Waals surface area contributed by atoms with Gasteiger partial charge in [0, 0.05) is 37.6 Å². The van der Waals surface area contributed by atoms with Gasteiger partial charge in [0.05, 0.1) is 0 Å². The number of carbonyl (C=O) groups excluding carboxylic acids is 2. The molecule has 2 atom stereocenters. The molecule has 2 unspecified atom stereocenters. The maximum absolute atomic E-state index is 12.7. The molecule has 1 spiro atoms. The van der Waals surface area contributed by atoms with Crippen molar-refractivity contribution in [1.82, 2.24) is 20.1 Å². The van der Waals surface area contributed by atoms with E-state index in [1.807, 2.05) is 26.0 Å². The molecule has 1 aromatic heterocycles. The predicted molar refractivity (Wildman–Crippen MR) is 82.1 cm³/mol. The van der Waals surface area contributed by atoms with Crippen LogP contribution in [-0.2, 0) is 4.79 Å². The third-order valence-electron chi connectivity index (χ3n) is 4.74. The van der Waals surface area contributed by atoms with Crippen LogP contribution < -0.4 is 5.32 Å². The van der Waals surface area contributed by atoms with Crippen molar-refractivity contribution < 1.29 is 9.59 Å². The lowest BCUT2D eigenvalue weighted by atomic mass is 9.98. The van der Waals surface area contributed by atoms with Gasteiger partial charge in [-0.05, 0) is 44.9 Å². The Hall–Kier alpha value is -1.95. The minimum Gasteiger partial charge on any atom is -0.322 e. The average Bonchev–Trinajstić information content (AvgIpc) is 3.02. The molecule has 0 radical (unpaired) electrons. The maximum Gasteiger partial charge on any atom is 0.325 e. The van der Waals surface area contributed by atoms with Crippen LogP contribution in [0.2, 0.25) is 0 Å². The lowest BCUT2D eigenvalue weighted by Crippen LogP contribution is -2.49. The van der Waals surface area contributed by atoms with Crippen LogP contribution in [-0.4, -0.2) is 51.4 Å². The van der Waals surface area contributed by atoms with Crippen molar-refractivity contribution in [2.75, 3.05) is 13.1 Å². The van der Waals surface area contributed by atoms with Crippen molar-refractivity contribution in [1.29, 1.82) is 0 Å². The summed E-state index contributed by atoms with van der Waals surface area (Å²) < 4.78 is 0. The molecule has 3 amide bonds. The van der Waals surface area contributed by atoms with E-state index in [0.717, 1.165) is 6.54 Å². The number of hydrogen-bond donors (Lipinski definition) is 1. The second kappa shape index (κ2) is 5.35. The smallest absolute Gasteiger partial charge is 0.322 e. The Bertz CT molecular complexity index is 589. The van der Waals surface area contributed by atoms with E-state index < -0.39 is 5.54 Å². The number of imide groups is 1. The van der Waals surface area contributed by atoms with Crippen LogP contribution in [0.1, 0.15) is 38.8 Å². The zero-order valence-electron chi connectivity index (χ0n) is 13.2. The largest absolute Gasteiger partial charge is 0.325 e. The summed E-state index contributed by atoms with van der Waals surface area (Å²) in [5.41, 5.74) is 0.423. The molecule has 6 heteroatoms. The van der Waals surface area contributed by atoms with Crippen molar-refractivity contribution in [2.24, 2.45) is 0 Å². The highest BCUT2D eigenvalue weighted by Gasteiger charge is 2.55. The molecule has 0 bridgehead atoms. The Morgan fingerprint density at radius 1 is 1.23 bits per heavy atom. The first-order valence-electron chi connectivity index (χ1n) is 7.74. The summed E-state index contributed by atoms with van der Waals surface area (Å²) in [5, 5.41) is 2.93. The molecule has 2 saturated heterocycles. The fraction of sp³-hybridized carbons (Fsp3) is 0.562. The molecule has 118 valence electrons. The number of carbonyl (C=O) groups is 2. The molecule has 3 rings (SSSR count). The molecule has 0 saturated carbocycles. The van der Waals surface area contributed by atoms with E-state index in [9.17, 15) is 9.59 Å². The predicted octanol–water partition coefficient (Wildman–Crippen LogP) is 1.55. The minimum absolute atomic E-state index is 0.0862. The van der Waals surface area contributed by atoms with E-state index in [1.165, 1.54) is 10.5 Å². The molecule has 6 nitrogen and oxygen atoms in total. The molecule has 0 aliphatic carbocycles. The van der Waals surface area contributed by atoms with Gasteiger partial charge in [0.25, 0.3) is 5.91 Å². The average molecular weight is 302 g/mol. The highest BCUT2D eigenvalue weighted by atomic mass is 16.2. The van der Waals surface area contributed by atoms with Gasteiger partial charge in [0.15, 0.2) is 0 Å². The van der Waals surface area contributed by atoms with Gasteiger partial charge < -0.3 is 5.32 Å². The van der Waals surface area contributed by atoms with Crippen molar-refractivity contribution in [3.63, 3.8) is 0 Å². The lowest BCUT2D eigenvalue weighted by Gasteiger charge is -2.27. The fourth-order valence-corrected chi connectivity index (χ4v) is 3.41. The summed E-state index contributed by atoms with van der Waals surface area (Å²) in [4.78, 5) is 32.4. The van der Waals surface area contributed by atoms with Crippen LogP contribution in [0.15, 0.2) is 24.5 Å². The summed E-state index contributed by atoms with van der Waals surface area (Å²) in [7, 11) is 0. The molecular weight excluding hydrogens is 280 g/mol. The molecular formula is C16H22N4O2. The maximum atomic E-state index is 12.7. The van der Waals surface area contributed by atoms with Gasteiger partial charge in [-0.15, -0.1) is 0 Å².